The maximum atomic E-state index is 14.3. The van der Waals surface area contributed by atoms with E-state index in [1.165, 1.54) is 6.92 Å². The van der Waals surface area contributed by atoms with Crippen molar-refractivity contribution >= 4 is 35.5 Å². The highest BCUT2D eigenvalue weighted by molar-refractivity contribution is 6.05. The first kappa shape index (κ1) is 34.1. The van der Waals surface area contributed by atoms with Gasteiger partial charge in [0, 0.05) is 57.0 Å². The molecule has 0 aromatic heterocycles. The molecule has 2 heterocycles. The lowest BCUT2D eigenvalue weighted by Crippen LogP contribution is -2.61. The van der Waals surface area contributed by atoms with Gasteiger partial charge in [0.25, 0.3) is 18.1 Å². The van der Waals surface area contributed by atoms with E-state index < -0.39 is 24.0 Å². The highest BCUT2D eigenvalue weighted by Gasteiger charge is 2.52. The number of nitrogens with one attached hydrogen (secondary N) is 1. The van der Waals surface area contributed by atoms with Crippen molar-refractivity contribution in [2.75, 3.05) is 31.1 Å². The molecule has 2 atom stereocenters. The molecule has 2 fully saturated rings. The number of nitrogens with zero attached hydrogens (tertiary/aromatic N) is 3. The number of carbonyl (C=O) groups is 5. The molecule has 1 aliphatic carbocycles. The molecule has 12 heteroatoms. The molecular formula is C33H48N4O8. The number of aryl methyl sites for hydroxylation is 1. The average Bonchev–Trinajstić information content (AvgIpc) is 2.96. The molecule has 3 aliphatic rings. The lowest BCUT2D eigenvalue weighted by molar-refractivity contribution is -0.174. The lowest BCUT2D eigenvalue weighted by Gasteiger charge is -2.47. The number of hydrogen-bond acceptors (Lipinski definition) is 8. The van der Waals surface area contributed by atoms with Crippen LogP contribution in [0.1, 0.15) is 96.0 Å². The van der Waals surface area contributed by atoms with E-state index in [2.05, 4.69) is 5.32 Å². The van der Waals surface area contributed by atoms with Crippen molar-refractivity contribution in [1.29, 1.82) is 0 Å². The smallest absolute Gasteiger partial charge is 0.412 e. The van der Waals surface area contributed by atoms with E-state index in [0.717, 1.165) is 12.0 Å². The third kappa shape index (κ3) is 7.36. The molecule has 45 heavy (non-hydrogen) atoms. The molecule has 0 bridgehead atoms. The van der Waals surface area contributed by atoms with Crippen LogP contribution in [0.15, 0.2) is 12.1 Å². The topological polar surface area (TPSA) is 135 Å². The van der Waals surface area contributed by atoms with Gasteiger partial charge in [0.2, 0.25) is 5.91 Å². The van der Waals surface area contributed by atoms with Gasteiger partial charge in [-0.05, 0) is 70.6 Å². The van der Waals surface area contributed by atoms with Gasteiger partial charge in [0.05, 0.1) is 11.7 Å². The Bertz CT molecular complexity index is 1310. The number of esters is 1. The normalized spacial score (nSPS) is 19.4. The lowest BCUT2D eigenvalue weighted by atomic mass is 9.77. The van der Waals surface area contributed by atoms with E-state index in [9.17, 15) is 24.0 Å². The van der Waals surface area contributed by atoms with Crippen LogP contribution in [0.5, 0.6) is 5.75 Å². The van der Waals surface area contributed by atoms with Gasteiger partial charge in [-0.2, -0.15) is 0 Å². The van der Waals surface area contributed by atoms with E-state index in [0.29, 0.717) is 55.6 Å². The number of likely N-dealkylation sites (tertiary alicyclic amines) is 1. The first-order chi connectivity index (χ1) is 21.3. The van der Waals surface area contributed by atoms with Crippen LogP contribution in [-0.2, 0) is 23.9 Å². The van der Waals surface area contributed by atoms with Gasteiger partial charge < -0.3 is 34.2 Å². The molecule has 1 spiro atoms. The molecule has 1 saturated carbocycles. The first-order valence-corrected chi connectivity index (χ1v) is 16.2. The van der Waals surface area contributed by atoms with E-state index in [-0.39, 0.29) is 55.4 Å². The van der Waals surface area contributed by atoms with Gasteiger partial charge in [-0.1, -0.05) is 20.8 Å². The minimum Gasteiger partial charge on any atom is -0.475 e. The van der Waals surface area contributed by atoms with Crippen LogP contribution in [0.4, 0.5) is 10.5 Å². The maximum absolute atomic E-state index is 14.3. The van der Waals surface area contributed by atoms with Gasteiger partial charge in [0.15, 0.2) is 5.60 Å². The monoisotopic (exact) mass is 628 g/mol. The molecule has 0 radical (unpaired) electrons. The van der Waals surface area contributed by atoms with Crippen molar-refractivity contribution in [2.24, 2.45) is 5.92 Å². The first-order valence-electron chi connectivity index (χ1n) is 16.2. The third-order valence-corrected chi connectivity index (χ3v) is 8.79. The Labute approximate surface area is 265 Å². The fourth-order valence-corrected chi connectivity index (χ4v) is 6.21. The van der Waals surface area contributed by atoms with Gasteiger partial charge in [-0.25, -0.2) is 4.79 Å². The number of fused-ring (bicyclic) bond motifs is 1. The Hall–Kier alpha value is -3.83. The molecule has 1 aromatic carbocycles. The molecule has 4 rings (SSSR count). The zero-order chi connectivity index (χ0) is 33.1. The molecule has 4 amide bonds. The molecule has 12 nitrogen and oxygen atoms in total. The molecular weight excluding hydrogens is 580 g/mol. The molecule has 1 saturated heterocycles. The standard InChI is InChI=1S/C33H48N4O8/c1-8-28(39)34-14-16-36-26-18-25(22(6)17-27(26)45-33(31(36)41)12-10-13-33)29(40)37(21(4)5)24-11-9-15-35(19-24)32(42)44-30(20(2)3)43-23(7)38/h17-18,20-21,24,30H,8-16,19H2,1-7H3,(H,34,39)/t24-,30?/m1/s1. The molecule has 1 aromatic rings. The van der Waals surface area contributed by atoms with Crippen molar-refractivity contribution in [1.82, 2.24) is 15.1 Å². The average molecular weight is 629 g/mol. The van der Waals surface area contributed by atoms with Gasteiger partial charge in [-0.3, -0.25) is 19.2 Å². The number of anilines is 1. The quantitative estimate of drug-likeness (QED) is 0.302. The zero-order valence-corrected chi connectivity index (χ0v) is 27.6. The van der Waals surface area contributed by atoms with Crippen LogP contribution in [0, 0.1) is 12.8 Å². The van der Waals surface area contributed by atoms with Crippen LogP contribution >= 0.6 is 0 Å². The summed E-state index contributed by atoms with van der Waals surface area (Å²) in [6, 6.07) is 3.10. The van der Waals surface area contributed by atoms with Crippen LogP contribution < -0.4 is 15.0 Å². The summed E-state index contributed by atoms with van der Waals surface area (Å²) in [5.74, 6) is -0.657. The van der Waals surface area contributed by atoms with Gasteiger partial charge in [-0.15, -0.1) is 0 Å². The summed E-state index contributed by atoms with van der Waals surface area (Å²) in [5.41, 5.74) is 0.787. The second kappa shape index (κ2) is 14.1. The second-order valence-corrected chi connectivity index (χ2v) is 12.9. The second-order valence-electron chi connectivity index (χ2n) is 12.9. The summed E-state index contributed by atoms with van der Waals surface area (Å²) in [6.45, 7) is 13.7. The minimum atomic E-state index is -1.00. The fraction of sp³-hybridized carbons (Fsp3) is 0.667. The summed E-state index contributed by atoms with van der Waals surface area (Å²) in [7, 11) is 0. The fourth-order valence-electron chi connectivity index (χ4n) is 6.21. The molecule has 1 N–H and O–H groups in total. The van der Waals surface area contributed by atoms with E-state index in [1.54, 1.807) is 41.5 Å². The number of piperidine rings is 1. The van der Waals surface area contributed by atoms with Crippen molar-refractivity contribution in [2.45, 2.75) is 111 Å². The van der Waals surface area contributed by atoms with Crippen molar-refractivity contribution in [3.05, 3.63) is 23.3 Å². The SMILES string of the molecule is CCC(=O)NCCN1C(=O)C2(CCC2)Oc2cc(C)c(C(=O)N(C(C)C)[C@@H]3CCCN(C(=O)OC(OC(C)=O)C(C)C)C3)cc21. The number of amides is 4. The zero-order valence-electron chi connectivity index (χ0n) is 27.6. The molecule has 2 aliphatic heterocycles. The Kier molecular flexibility index (Phi) is 10.7. The van der Waals surface area contributed by atoms with Crippen molar-refractivity contribution in [3.8, 4) is 5.75 Å². The van der Waals surface area contributed by atoms with Gasteiger partial charge >= 0.3 is 12.1 Å². The van der Waals surface area contributed by atoms with E-state index >= 15 is 0 Å². The maximum Gasteiger partial charge on any atom is 0.412 e. The number of carbonyl (C=O) groups excluding carboxylic acids is 5. The highest BCUT2D eigenvalue weighted by Crippen LogP contribution is 2.47. The summed E-state index contributed by atoms with van der Waals surface area (Å²) in [5, 5.41) is 2.84. The predicted molar refractivity (Wildman–Crippen MR) is 167 cm³/mol. The predicted octanol–water partition coefficient (Wildman–Crippen LogP) is 4.17. The minimum absolute atomic E-state index is 0.0989. The van der Waals surface area contributed by atoms with Crippen LogP contribution in [0.25, 0.3) is 0 Å². The van der Waals surface area contributed by atoms with E-state index in [1.807, 2.05) is 26.8 Å². The number of hydrogen-bond donors (Lipinski definition) is 1. The Balaban J connectivity index is 1.58. The summed E-state index contributed by atoms with van der Waals surface area (Å²) < 4.78 is 17.0. The Morgan fingerprint density at radius 3 is 2.40 bits per heavy atom. The van der Waals surface area contributed by atoms with Crippen molar-refractivity contribution in [3.63, 3.8) is 0 Å². The van der Waals surface area contributed by atoms with Gasteiger partial charge in [0.1, 0.15) is 5.75 Å². The van der Waals surface area contributed by atoms with Crippen LogP contribution in [-0.4, -0.2) is 89.7 Å². The molecule has 248 valence electrons. The molecule has 1 unspecified atom stereocenters. The highest BCUT2D eigenvalue weighted by atomic mass is 16.7. The number of ether oxygens (including phenoxy) is 3. The summed E-state index contributed by atoms with van der Waals surface area (Å²) in [4.78, 5) is 69.5. The Morgan fingerprint density at radius 2 is 1.82 bits per heavy atom. The summed E-state index contributed by atoms with van der Waals surface area (Å²) >= 11 is 0. The third-order valence-electron chi connectivity index (χ3n) is 8.79. The van der Waals surface area contributed by atoms with Crippen LogP contribution in [0.3, 0.4) is 0 Å². The van der Waals surface area contributed by atoms with Crippen molar-refractivity contribution < 1.29 is 38.2 Å². The van der Waals surface area contributed by atoms with Crippen LogP contribution in [0.2, 0.25) is 0 Å². The number of rotatable bonds is 10. The largest absolute Gasteiger partial charge is 0.475 e. The summed E-state index contributed by atoms with van der Waals surface area (Å²) in [6.07, 6.45) is 2.28. The Morgan fingerprint density at radius 1 is 1.11 bits per heavy atom. The number of benzene rings is 1. The van der Waals surface area contributed by atoms with E-state index in [4.69, 9.17) is 14.2 Å².